The Kier molecular flexibility index (Phi) is 43.6. The number of unbranched alkanes of at least 4 members (excludes halogenated alkanes) is 24. The van der Waals surface area contributed by atoms with Crippen LogP contribution in [0.5, 0.6) is 0 Å². The first kappa shape index (κ1) is 54.6. The summed E-state index contributed by atoms with van der Waals surface area (Å²) in [7, 11) is 0. The molecule has 6 nitrogen and oxygen atoms in total. The average molecular weight is 791 g/mol. The van der Waals surface area contributed by atoms with Crippen LogP contribution in [-0.2, 0) is 14.2 Å². The molecule has 0 saturated carbocycles. The van der Waals surface area contributed by atoms with Crippen LogP contribution in [0.1, 0.15) is 234 Å². The second kappa shape index (κ2) is 44.7. The van der Waals surface area contributed by atoms with Crippen molar-refractivity contribution in [3.63, 3.8) is 0 Å². The van der Waals surface area contributed by atoms with Crippen LogP contribution >= 0.6 is 0 Å². The molecule has 0 fully saturated rings. The lowest BCUT2D eigenvalue weighted by Gasteiger charge is -2.33. The molecule has 6 heteroatoms. The second-order valence-corrected chi connectivity index (χ2v) is 16.7. The largest absolute Gasteiger partial charge is 0.447 e. The van der Waals surface area contributed by atoms with Crippen LogP contribution in [-0.4, -0.2) is 68.7 Å². The quantitative estimate of drug-likeness (QED) is 0.0492. The molecule has 3 atom stereocenters. The monoisotopic (exact) mass is 791 g/mol. The van der Waals surface area contributed by atoms with E-state index < -0.39 is 0 Å². The third-order valence-corrected chi connectivity index (χ3v) is 11.5. The third-order valence-electron chi connectivity index (χ3n) is 11.5. The highest BCUT2D eigenvalue weighted by Crippen LogP contribution is 2.13. The van der Waals surface area contributed by atoms with E-state index in [1.165, 1.54) is 167 Å². The number of rotatable bonds is 44. The van der Waals surface area contributed by atoms with Crippen molar-refractivity contribution in [2.75, 3.05) is 39.5 Å². The van der Waals surface area contributed by atoms with Gasteiger partial charge in [0.2, 0.25) is 0 Å². The molecule has 0 aliphatic carbocycles. The minimum atomic E-state index is -0.364. The van der Waals surface area contributed by atoms with Crippen molar-refractivity contribution in [1.82, 2.24) is 10.2 Å². The molecule has 1 N–H and O–H groups in total. The van der Waals surface area contributed by atoms with Gasteiger partial charge in [-0.2, -0.15) is 0 Å². The number of carbonyl (C=O) groups excluding carboxylic acids is 1. The maximum Gasteiger partial charge on any atom is 0.407 e. The summed E-state index contributed by atoms with van der Waals surface area (Å²) >= 11 is 0. The van der Waals surface area contributed by atoms with E-state index in [0.717, 1.165) is 38.8 Å². The number of allylic oxidation sites excluding steroid dienone is 4. The highest BCUT2D eigenvalue weighted by Gasteiger charge is 2.18. The summed E-state index contributed by atoms with van der Waals surface area (Å²) in [6.07, 6.45) is 47.6. The molecular formula is C50H98N2O4. The maximum atomic E-state index is 12.6. The number of alkyl carbamates (subject to hydrolysis) is 1. The summed E-state index contributed by atoms with van der Waals surface area (Å²) in [6, 6.07) is 0.984. The summed E-state index contributed by atoms with van der Waals surface area (Å²) < 4.78 is 17.9. The van der Waals surface area contributed by atoms with Gasteiger partial charge in [-0.15, -0.1) is 0 Å². The molecule has 0 rings (SSSR count). The highest BCUT2D eigenvalue weighted by atomic mass is 16.6. The number of ether oxygens (including phenoxy) is 3. The second-order valence-electron chi connectivity index (χ2n) is 16.7. The lowest BCUT2D eigenvalue weighted by Crippen LogP contribution is -2.44. The number of hydrogen-bond acceptors (Lipinski definition) is 5. The number of nitrogens with zero attached hydrogens (tertiary/aromatic N) is 1. The van der Waals surface area contributed by atoms with Gasteiger partial charge in [0.25, 0.3) is 0 Å². The predicted octanol–water partition coefficient (Wildman–Crippen LogP) is 15.1. The molecule has 0 radical (unpaired) electrons. The first-order valence-electron chi connectivity index (χ1n) is 24.7. The van der Waals surface area contributed by atoms with Gasteiger partial charge in [0.15, 0.2) is 0 Å². The standard InChI is InChI=1S/C50H98N2O4/c1-7-11-13-15-17-19-21-23-25-27-29-31-33-35-37-39-43-54-45-49(46-56-50(53)51-41-42-52(47(5)9-3)48(6)10-4)55-44-40-38-36-34-32-30-28-26-24-22-20-18-16-14-12-8-2/h23-26,47-49H,7-22,27-46H2,1-6H3,(H,51,53)/b25-23-,26-24-. The lowest BCUT2D eigenvalue weighted by molar-refractivity contribution is -0.0468. The third kappa shape index (κ3) is 38.2. The summed E-state index contributed by atoms with van der Waals surface area (Å²) in [5.41, 5.74) is 0. The van der Waals surface area contributed by atoms with Crippen molar-refractivity contribution in [3.05, 3.63) is 24.3 Å². The van der Waals surface area contributed by atoms with Crippen LogP contribution in [0.3, 0.4) is 0 Å². The first-order chi connectivity index (χ1) is 27.5. The zero-order chi connectivity index (χ0) is 41.0. The Balaban J connectivity index is 4.28. The van der Waals surface area contributed by atoms with E-state index in [2.05, 4.69) is 76.1 Å². The minimum absolute atomic E-state index is 0.227. The lowest BCUT2D eigenvalue weighted by atomic mass is 10.1. The summed E-state index contributed by atoms with van der Waals surface area (Å²) in [5.74, 6) is 0. The van der Waals surface area contributed by atoms with Gasteiger partial charge in [-0.1, -0.05) is 168 Å². The van der Waals surface area contributed by atoms with E-state index in [1.807, 2.05) is 0 Å². The smallest absolute Gasteiger partial charge is 0.407 e. The molecule has 0 aromatic heterocycles. The fourth-order valence-corrected chi connectivity index (χ4v) is 7.26. The molecule has 332 valence electrons. The van der Waals surface area contributed by atoms with Crippen LogP contribution in [0.4, 0.5) is 4.79 Å². The van der Waals surface area contributed by atoms with Crippen molar-refractivity contribution in [3.8, 4) is 0 Å². The fourth-order valence-electron chi connectivity index (χ4n) is 7.26. The van der Waals surface area contributed by atoms with Crippen molar-refractivity contribution >= 4 is 6.09 Å². The van der Waals surface area contributed by atoms with E-state index >= 15 is 0 Å². The van der Waals surface area contributed by atoms with E-state index in [0.29, 0.717) is 31.8 Å². The number of nitrogens with one attached hydrogen (secondary N) is 1. The topological polar surface area (TPSA) is 60.0 Å². The van der Waals surface area contributed by atoms with Crippen LogP contribution < -0.4 is 5.32 Å². The zero-order valence-electron chi connectivity index (χ0n) is 38.6. The molecule has 3 unspecified atom stereocenters. The van der Waals surface area contributed by atoms with Crippen molar-refractivity contribution in [1.29, 1.82) is 0 Å². The molecular weight excluding hydrogens is 693 g/mol. The van der Waals surface area contributed by atoms with Crippen molar-refractivity contribution in [2.24, 2.45) is 0 Å². The Labute approximate surface area is 350 Å². The molecule has 56 heavy (non-hydrogen) atoms. The Morgan fingerprint density at radius 3 is 1.34 bits per heavy atom. The molecule has 0 spiro atoms. The number of amides is 1. The van der Waals surface area contributed by atoms with Gasteiger partial charge in [-0.05, 0) is 90.9 Å². The van der Waals surface area contributed by atoms with Gasteiger partial charge in [-0.25, -0.2) is 4.79 Å². The van der Waals surface area contributed by atoms with E-state index in [4.69, 9.17) is 14.2 Å². The molecule has 0 aliphatic heterocycles. The van der Waals surface area contributed by atoms with E-state index in [1.54, 1.807) is 0 Å². The molecule has 0 aromatic carbocycles. The van der Waals surface area contributed by atoms with E-state index in [9.17, 15) is 4.79 Å². The SMILES string of the molecule is CCCCCCCC/C=C\CCCCCCCCOCC(COC(=O)NCCN(C(C)CC)C(C)CC)OCCCCCCCC/C=C\CCCCCCCC. The number of hydrogen-bond donors (Lipinski definition) is 1. The van der Waals surface area contributed by atoms with Crippen LogP contribution in [0.2, 0.25) is 0 Å². The highest BCUT2D eigenvalue weighted by molar-refractivity contribution is 5.67. The predicted molar refractivity (Wildman–Crippen MR) is 245 cm³/mol. The van der Waals surface area contributed by atoms with E-state index in [-0.39, 0.29) is 18.8 Å². The molecule has 0 heterocycles. The van der Waals surface area contributed by atoms with Gasteiger partial charge in [-0.3, -0.25) is 4.90 Å². The Morgan fingerprint density at radius 1 is 0.518 bits per heavy atom. The summed E-state index contributed by atoms with van der Waals surface area (Å²) in [6.45, 7) is 17.1. The van der Waals surface area contributed by atoms with Crippen LogP contribution in [0.15, 0.2) is 24.3 Å². The Morgan fingerprint density at radius 2 is 0.911 bits per heavy atom. The van der Waals surface area contributed by atoms with Gasteiger partial charge >= 0.3 is 6.09 Å². The number of carbonyl (C=O) groups is 1. The van der Waals surface area contributed by atoms with Crippen LogP contribution in [0.25, 0.3) is 0 Å². The fraction of sp³-hybridized carbons (Fsp3) is 0.900. The maximum absolute atomic E-state index is 12.6. The van der Waals surface area contributed by atoms with Gasteiger partial charge in [0.05, 0.1) is 6.61 Å². The molecule has 1 amide bonds. The summed E-state index contributed by atoms with van der Waals surface area (Å²) in [5, 5.41) is 2.97. The first-order valence-corrected chi connectivity index (χ1v) is 24.7. The summed E-state index contributed by atoms with van der Waals surface area (Å²) in [4.78, 5) is 15.1. The molecule has 0 aliphatic rings. The van der Waals surface area contributed by atoms with Crippen LogP contribution in [0, 0.1) is 0 Å². The van der Waals surface area contributed by atoms with Gasteiger partial charge < -0.3 is 19.5 Å². The zero-order valence-corrected chi connectivity index (χ0v) is 38.6. The average Bonchev–Trinajstić information content (AvgIpc) is 3.21. The molecule has 0 saturated heterocycles. The van der Waals surface area contributed by atoms with Crippen molar-refractivity contribution in [2.45, 2.75) is 252 Å². The van der Waals surface area contributed by atoms with Gasteiger partial charge in [0.1, 0.15) is 12.7 Å². The normalized spacial score (nSPS) is 13.6. The molecule has 0 aromatic rings. The molecule has 0 bridgehead atoms. The van der Waals surface area contributed by atoms with Crippen molar-refractivity contribution < 1.29 is 19.0 Å². The Bertz CT molecular complexity index is 839. The van der Waals surface area contributed by atoms with Gasteiger partial charge in [0, 0.05) is 38.4 Å². The minimum Gasteiger partial charge on any atom is -0.447 e. The Hall–Kier alpha value is -1.37.